The molecule has 1 aromatic carbocycles. The third-order valence-corrected chi connectivity index (χ3v) is 2.85. The zero-order valence-electron chi connectivity index (χ0n) is 10.2. The fraction of sp³-hybridized carbons (Fsp3) is 0.462. The lowest BCUT2D eigenvalue weighted by Crippen LogP contribution is -2.13. The Labute approximate surface area is 97.0 Å². The maximum absolute atomic E-state index is 11.0. The van der Waals surface area contributed by atoms with Gasteiger partial charge < -0.3 is 11.1 Å². The second-order valence-electron chi connectivity index (χ2n) is 4.29. The van der Waals surface area contributed by atoms with Crippen LogP contribution in [-0.2, 0) is 0 Å². The minimum absolute atomic E-state index is 0.378. The Kier molecular flexibility index (Phi) is 4.35. The highest BCUT2D eigenvalue weighted by molar-refractivity contribution is 5.93. The molecule has 0 heterocycles. The number of benzene rings is 1. The molecule has 3 heteroatoms. The highest BCUT2D eigenvalue weighted by Crippen LogP contribution is 2.17. The molecule has 3 N–H and O–H groups in total. The van der Waals surface area contributed by atoms with E-state index in [1.165, 1.54) is 0 Å². The number of nitrogens with two attached hydrogens (primary N) is 1. The first kappa shape index (κ1) is 12.6. The zero-order valence-corrected chi connectivity index (χ0v) is 10.2. The lowest BCUT2D eigenvalue weighted by Gasteiger charge is -2.13. The largest absolute Gasteiger partial charge is 0.385 e. The molecule has 0 aliphatic heterocycles. The van der Waals surface area contributed by atoms with Crippen molar-refractivity contribution in [2.24, 2.45) is 11.7 Å². The van der Waals surface area contributed by atoms with Crippen molar-refractivity contribution in [3.05, 3.63) is 29.3 Å². The van der Waals surface area contributed by atoms with Crippen LogP contribution in [0.1, 0.15) is 36.2 Å². The number of aryl methyl sites for hydroxylation is 1. The third-order valence-electron chi connectivity index (χ3n) is 2.85. The normalized spacial score (nSPS) is 12.2. The summed E-state index contributed by atoms with van der Waals surface area (Å²) < 4.78 is 0. The molecule has 0 fully saturated rings. The van der Waals surface area contributed by atoms with E-state index in [0.29, 0.717) is 11.5 Å². The number of rotatable bonds is 5. The smallest absolute Gasteiger partial charge is 0.248 e. The first-order valence-electron chi connectivity index (χ1n) is 5.69. The molecular weight excluding hydrogens is 200 g/mol. The number of hydrogen-bond acceptors (Lipinski definition) is 2. The zero-order chi connectivity index (χ0) is 12.1. The standard InChI is InChI=1S/C13H20N2O/c1-4-9(2)8-15-12-6-5-11(13(14)16)7-10(12)3/h5-7,9,15H,4,8H2,1-3H3,(H2,14,16). The van der Waals surface area contributed by atoms with Crippen molar-refractivity contribution in [3.8, 4) is 0 Å². The van der Waals surface area contributed by atoms with Crippen LogP contribution in [0.3, 0.4) is 0 Å². The summed E-state index contributed by atoms with van der Waals surface area (Å²) in [6, 6.07) is 5.49. The molecule has 88 valence electrons. The van der Waals surface area contributed by atoms with E-state index in [1.54, 1.807) is 6.07 Å². The van der Waals surface area contributed by atoms with Crippen molar-refractivity contribution in [1.29, 1.82) is 0 Å². The van der Waals surface area contributed by atoms with E-state index in [9.17, 15) is 4.79 Å². The molecule has 0 aliphatic carbocycles. The molecule has 0 radical (unpaired) electrons. The van der Waals surface area contributed by atoms with Crippen molar-refractivity contribution >= 4 is 11.6 Å². The Morgan fingerprint density at radius 2 is 2.19 bits per heavy atom. The van der Waals surface area contributed by atoms with Gasteiger partial charge in [0.15, 0.2) is 0 Å². The van der Waals surface area contributed by atoms with Gasteiger partial charge in [-0.25, -0.2) is 0 Å². The van der Waals surface area contributed by atoms with Crippen molar-refractivity contribution in [1.82, 2.24) is 0 Å². The Morgan fingerprint density at radius 1 is 1.50 bits per heavy atom. The molecular formula is C13H20N2O. The molecule has 1 aromatic rings. The summed E-state index contributed by atoms with van der Waals surface area (Å²) >= 11 is 0. The predicted molar refractivity (Wildman–Crippen MR) is 67.6 cm³/mol. The maximum Gasteiger partial charge on any atom is 0.248 e. The molecule has 0 bridgehead atoms. The number of hydrogen-bond donors (Lipinski definition) is 2. The third kappa shape index (κ3) is 3.26. The summed E-state index contributed by atoms with van der Waals surface area (Å²) in [6.07, 6.45) is 1.16. The van der Waals surface area contributed by atoms with Gasteiger partial charge in [0, 0.05) is 17.8 Å². The molecule has 0 aromatic heterocycles. The number of anilines is 1. The molecule has 16 heavy (non-hydrogen) atoms. The van der Waals surface area contributed by atoms with Gasteiger partial charge >= 0.3 is 0 Å². The van der Waals surface area contributed by atoms with Gasteiger partial charge in [-0.1, -0.05) is 20.3 Å². The summed E-state index contributed by atoms with van der Waals surface area (Å²) in [5.74, 6) is 0.270. The first-order chi connectivity index (χ1) is 7.54. The molecule has 1 unspecified atom stereocenters. The Hall–Kier alpha value is -1.51. The van der Waals surface area contributed by atoms with Crippen molar-refractivity contribution in [2.45, 2.75) is 27.2 Å². The average molecular weight is 220 g/mol. The monoisotopic (exact) mass is 220 g/mol. The van der Waals surface area contributed by atoms with Crippen LogP contribution in [0.25, 0.3) is 0 Å². The summed E-state index contributed by atoms with van der Waals surface area (Å²) in [5.41, 5.74) is 7.91. The van der Waals surface area contributed by atoms with Crippen molar-refractivity contribution in [3.63, 3.8) is 0 Å². The molecule has 1 atom stereocenters. The van der Waals surface area contributed by atoms with Crippen LogP contribution >= 0.6 is 0 Å². The number of carbonyl (C=O) groups excluding carboxylic acids is 1. The van der Waals surface area contributed by atoms with E-state index in [4.69, 9.17) is 5.73 Å². The second-order valence-corrected chi connectivity index (χ2v) is 4.29. The first-order valence-corrected chi connectivity index (χ1v) is 5.69. The quantitative estimate of drug-likeness (QED) is 0.801. The lowest BCUT2D eigenvalue weighted by molar-refractivity contribution is 0.1000. The Bertz CT molecular complexity index is 374. The van der Waals surface area contributed by atoms with E-state index >= 15 is 0 Å². The maximum atomic E-state index is 11.0. The number of nitrogens with one attached hydrogen (secondary N) is 1. The fourth-order valence-electron chi connectivity index (χ4n) is 1.44. The highest BCUT2D eigenvalue weighted by atomic mass is 16.1. The van der Waals surface area contributed by atoms with Gasteiger partial charge in [-0.3, -0.25) is 4.79 Å². The summed E-state index contributed by atoms with van der Waals surface area (Å²) in [5, 5.41) is 3.38. The van der Waals surface area contributed by atoms with Gasteiger partial charge in [0.1, 0.15) is 0 Å². The van der Waals surface area contributed by atoms with Gasteiger partial charge in [0.05, 0.1) is 0 Å². The molecule has 0 saturated heterocycles. The minimum atomic E-state index is -0.378. The minimum Gasteiger partial charge on any atom is -0.385 e. The van der Waals surface area contributed by atoms with E-state index in [0.717, 1.165) is 24.2 Å². The molecule has 0 saturated carbocycles. The van der Waals surface area contributed by atoms with Gasteiger partial charge in [0.25, 0.3) is 0 Å². The number of amides is 1. The van der Waals surface area contributed by atoms with Gasteiger partial charge in [0.2, 0.25) is 5.91 Å². The predicted octanol–water partition coefficient (Wildman–Crippen LogP) is 2.55. The number of primary amides is 1. The van der Waals surface area contributed by atoms with Gasteiger partial charge in [-0.15, -0.1) is 0 Å². The van der Waals surface area contributed by atoms with E-state index in [1.807, 2.05) is 19.1 Å². The molecule has 1 rings (SSSR count). The Balaban J connectivity index is 2.72. The van der Waals surface area contributed by atoms with Crippen LogP contribution in [0.5, 0.6) is 0 Å². The van der Waals surface area contributed by atoms with E-state index < -0.39 is 0 Å². The second kappa shape index (κ2) is 5.54. The van der Waals surface area contributed by atoms with Crippen LogP contribution < -0.4 is 11.1 Å². The van der Waals surface area contributed by atoms with Crippen LogP contribution in [0, 0.1) is 12.8 Å². The van der Waals surface area contributed by atoms with Crippen LogP contribution in [0.15, 0.2) is 18.2 Å². The molecule has 0 spiro atoms. The molecule has 1 amide bonds. The topological polar surface area (TPSA) is 55.1 Å². The van der Waals surface area contributed by atoms with E-state index in [2.05, 4.69) is 19.2 Å². The summed E-state index contributed by atoms with van der Waals surface area (Å²) in [7, 11) is 0. The summed E-state index contributed by atoms with van der Waals surface area (Å²) in [6.45, 7) is 7.31. The SMILES string of the molecule is CCC(C)CNc1ccc(C(N)=O)cc1C. The number of carbonyl (C=O) groups is 1. The van der Waals surface area contributed by atoms with Crippen LogP contribution in [0.2, 0.25) is 0 Å². The van der Waals surface area contributed by atoms with Crippen molar-refractivity contribution < 1.29 is 4.79 Å². The lowest BCUT2D eigenvalue weighted by atomic mass is 10.1. The van der Waals surface area contributed by atoms with E-state index in [-0.39, 0.29) is 5.91 Å². The van der Waals surface area contributed by atoms with Crippen LogP contribution in [-0.4, -0.2) is 12.5 Å². The van der Waals surface area contributed by atoms with Gasteiger partial charge in [-0.2, -0.15) is 0 Å². The highest BCUT2D eigenvalue weighted by Gasteiger charge is 2.04. The summed E-state index contributed by atoms with van der Waals surface area (Å²) in [4.78, 5) is 11.0. The van der Waals surface area contributed by atoms with Gasteiger partial charge in [-0.05, 0) is 36.6 Å². The fourth-order valence-corrected chi connectivity index (χ4v) is 1.44. The van der Waals surface area contributed by atoms with Crippen LogP contribution in [0.4, 0.5) is 5.69 Å². The molecule has 0 aliphatic rings. The van der Waals surface area contributed by atoms with Crippen molar-refractivity contribution in [2.75, 3.05) is 11.9 Å². The average Bonchev–Trinajstić information content (AvgIpc) is 2.26. The molecule has 3 nitrogen and oxygen atoms in total. The Morgan fingerprint density at radius 3 is 2.69 bits per heavy atom.